The molecule has 0 aromatic heterocycles. The molecule has 1 N–H and O–H groups in total. The van der Waals surface area contributed by atoms with Crippen LogP contribution in [0.5, 0.6) is 0 Å². The van der Waals surface area contributed by atoms with Crippen LogP contribution in [0.1, 0.15) is 46.5 Å². The summed E-state index contributed by atoms with van der Waals surface area (Å²) in [5.41, 5.74) is 0. The average molecular weight is 453 g/mol. The Hall–Kier alpha value is -1.94. The van der Waals surface area contributed by atoms with Gasteiger partial charge in [-0.25, -0.2) is 0 Å². The first-order valence-electron chi connectivity index (χ1n) is 11.6. The van der Waals surface area contributed by atoms with Crippen LogP contribution >= 0.6 is 0 Å². The molecule has 1 saturated heterocycles. The van der Waals surface area contributed by atoms with Crippen LogP contribution in [0.25, 0.3) is 0 Å². The minimum atomic E-state index is -2.71. The molecule has 0 bridgehead atoms. The van der Waals surface area contributed by atoms with Gasteiger partial charge in [0, 0.05) is 13.0 Å². The van der Waals surface area contributed by atoms with Crippen LogP contribution < -0.4 is 10.4 Å². The lowest BCUT2D eigenvalue weighted by molar-refractivity contribution is -0.154. The predicted molar refractivity (Wildman–Crippen MR) is 132 cm³/mol. The highest BCUT2D eigenvalue weighted by atomic mass is 28.4. The van der Waals surface area contributed by atoms with E-state index >= 15 is 0 Å². The summed E-state index contributed by atoms with van der Waals surface area (Å²) in [4.78, 5) is 0. The lowest BCUT2D eigenvalue weighted by atomic mass is 10.2. The van der Waals surface area contributed by atoms with Gasteiger partial charge in [0.05, 0.1) is 12.7 Å². The van der Waals surface area contributed by atoms with Gasteiger partial charge < -0.3 is 19.0 Å². The van der Waals surface area contributed by atoms with Crippen molar-refractivity contribution in [2.75, 3.05) is 19.8 Å². The first-order valence-corrected chi connectivity index (χ1v) is 13.5. The number of aliphatic hydroxyl groups excluding tert-OH is 1. The monoisotopic (exact) mass is 452 g/mol. The van der Waals surface area contributed by atoms with Crippen molar-refractivity contribution < 1.29 is 19.0 Å². The van der Waals surface area contributed by atoms with Gasteiger partial charge in [-0.2, -0.15) is 0 Å². The third-order valence-corrected chi connectivity index (χ3v) is 11.0. The predicted octanol–water partition coefficient (Wildman–Crippen LogP) is 3.86. The van der Waals surface area contributed by atoms with Crippen LogP contribution in [0.15, 0.2) is 60.7 Å². The highest BCUT2D eigenvalue weighted by Gasteiger charge is 2.51. The van der Waals surface area contributed by atoms with Crippen molar-refractivity contribution in [3.8, 4) is 11.8 Å². The molecule has 0 aliphatic carbocycles. The van der Waals surface area contributed by atoms with Crippen molar-refractivity contribution in [2.24, 2.45) is 0 Å². The van der Waals surface area contributed by atoms with E-state index in [2.05, 4.69) is 81.1 Å². The van der Waals surface area contributed by atoms with Crippen molar-refractivity contribution in [2.45, 2.75) is 63.9 Å². The summed E-state index contributed by atoms with van der Waals surface area (Å²) < 4.78 is 18.2. The maximum Gasteiger partial charge on any atom is 0.261 e. The minimum Gasteiger partial charge on any atom is -0.401 e. The third kappa shape index (κ3) is 6.09. The largest absolute Gasteiger partial charge is 0.401 e. The molecule has 32 heavy (non-hydrogen) atoms. The van der Waals surface area contributed by atoms with E-state index in [-0.39, 0.29) is 24.0 Å². The summed E-state index contributed by atoms with van der Waals surface area (Å²) in [6.07, 6.45) is 3.11. The molecular weight excluding hydrogens is 416 g/mol. The van der Waals surface area contributed by atoms with E-state index < -0.39 is 8.32 Å². The van der Waals surface area contributed by atoms with Gasteiger partial charge in [-0.05, 0) is 34.7 Å². The smallest absolute Gasteiger partial charge is 0.261 e. The summed E-state index contributed by atoms with van der Waals surface area (Å²) in [5, 5.41) is 12.4. The second kappa shape index (κ2) is 11.8. The van der Waals surface area contributed by atoms with Crippen LogP contribution in [0.3, 0.4) is 0 Å². The molecule has 1 unspecified atom stereocenters. The Labute approximate surface area is 194 Å². The number of benzene rings is 2. The lowest BCUT2D eigenvalue weighted by Gasteiger charge is -2.44. The molecule has 0 amide bonds. The van der Waals surface area contributed by atoms with E-state index in [0.717, 1.165) is 25.9 Å². The summed E-state index contributed by atoms with van der Waals surface area (Å²) in [6, 6.07) is 20.9. The van der Waals surface area contributed by atoms with Crippen molar-refractivity contribution >= 4 is 18.7 Å². The van der Waals surface area contributed by atoms with Gasteiger partial charge in [-0.1, -0.05) is 93.3 Å². The van der Waals surface area contributed by atoms with Crippen molar-refractivity contribution in [1.29, 1.82) is 0 Å². The molecule has 1 heterocycles. The Kier molecular flexibility index (Phi) is 9.09. The molecule has 2 atom stereocenters. The number of rotatable bonds is 8. The van der Waals surface area contributed by atoms with Crippen LogP contribution in [-0.4, -0.2) is 45.6 Å². The van der Waals surface area contributed by atoms with Crippen LogP contribution in [0.2, 0.25) is 5.04 Å². The van der Waals surface area contributed by atoms with E-state index in [0.29, 0.717) is 13.0 Å². The molecule has 3 rings (SSSR count). The van der Waals surface area contributed by atoms with Crippen LogP contribution in [0.4, 0.5) is 0 Å². The van der Waals surface area contributed by atoms with Gasteiger partial charge in [0.2, 0.25) is 0 Å². The van der Waals surface area contributed by atoms with Gasteiger partial charge >= 0.3 is 0 Å². The van der Waals surface area contributed by atoms with Crippen molar-refractivity contribution in [1.82, 2.24) is 0 Å². The Morgan fingerprint density at radius 3 is 2.12 bits per heavy atom. The SMILES string of the molecule is CC(C)(C)[Si](O[C@H](CO)CC#CCOC1CCCCO1)(c1ccccc1)c1ccccc1. The quantitative estimate of drug-likeness (QED) is 0.488. The Balaban J connectivity index is 1.80. The number of aliphatic hydroxyl groups is 1. The fraction of sp³-hybridized carbons (Fsp3) is 0.481. The van der Waals surface area contributed by atoms with Gasteiger partial charge in [0.1, 0.15) is 6.61 Å². The molecule has 0 spiro atoms. The molecule has 2 aromatic rings. The first-order chi connectivity index (χ1) is 15.5. The zero-order chi connectivity index (χ0) is 22.9. The Morgan fingerprint density at radius 2 is 1.62 bits per heavy atom. The summed E-state index contributed by atoms with van der Waals surface area (Å²) in [6.45, 7) is 7.72. The molecule has 4 nitrogen and oxygen atoms in total. The van der Waals surface area contributed by atoms with E-state index in [1.807, 2.05) is 12.1 Å². The van der Waals surface area contributed by atoms with Gasteiger partial charge in [0.15, 0.2) is 6.29 Å². The highest BCUT2D eigenvalue weighted by molar-refractivity contribution is 6.99. The standard InChI is InChI=1S/C27H36O4Si/c1-27(2,3)32(24-15-6-4-7-16-24,25-17-8-5-9-18-25)31-23(22-28)14-10-12-20-29-26-19-11-13-21-30-26/h4-9,15-18,23,26,28H,11,13-14,19-22H2,1-3H3/t23-,26?/m0/s1. The fourth-order valence-corrected chi connectivity index (χ4v) is 8.97. The van der Waals surface area contributed by atoms with Crippen LogP contribution in [0, 0.1) is 11.8 Å². The molecule has 1 aliphatic heterocycles. The number of hydrogen-bond donors (Lipinski definition) is 1. The Bertz CT molecular complexity index is 822. The molecule has 2 aromatic carbocycles. The van der Waals surface area contributed by atoms with Gasteiger partial charge in [0.25, 0.3) is 8.32 Å². The lowest BCUT2D eigenvalue weighted by Crippen LogP contribution is -2.68. The molecule has 5 heteroatoms. The molecule has 0 radical (unpaired) electrons. The molecular formula is C27H36O4Si. The van der Waals surface area contributed by atoms with E-state index in [1.54, 1.807) is 0 Å². The summed E-state index contributed by atoms with van der Waals surface area (Å²) in [7, 11) is -2.71. The van der Waals surface area contributed by atoms with E-state index in [9.17, 15) is 5.11 Å². The maximum atomic E-state index is 10.2. The Morgan fingerprint density at radius 1 is 1.00 bits per heavy atom. The topological polar surface area (TPSA) is 47.9 Å². The molecule has 172 valence electrons. The second-order valence-corrected chi connectivity index (χ2v) is 13.5. The summed E-state index contributed by atoms with van der Waals surface area (Å²) >= 11 is 0. The third-order valence-electron chi connectivity index (χ3n) is 5.90. The molecule has 0 saturated carbocycles. The normalized spacial score (nSPS) is 17.9. The average Bonchev–Trinajstić information content (AvgIpc) is 2.82. The highest BCUT2D eigenvalue weighted by Crippen LogP contribution is 2.37. The number of ether oxygens (including phenoxy) is 2. The first kappa shape index (κ1) is 24.7. The van der Waals surface area contributed by atoms with E-state index in [1.165, 1.54) is 10.4 Å². The summed E-state index contributed by atoms with van der Waals surface area (Å²) in [5.74, 6) is 6.23. The fourth-order valence-electron chi connectivity index (χ4n) is 4.30. The minimum absolute atomic E-state index is 0.0776. The molecule has 1 aliphatic rings. The zero-order valence-corrected chi connectivity index (χ0v) is 20.5. The van der Waals surface area contributed by atoms with Crippen LogP contribution in [-0.2, 0) is 13.9 Å². The number of hydrogen-bond acceptors (Lipinski definition) is 4. The van der Waals surface area contributed by atoms with Crippen molar-refractivity contribution in [3.63, 3.8) is 0 Å². The van der Waals surface area contributed by atoms with Gasteiger partial charge in [-0.15, -0.1) is 0 Å². The second-order valence-electron chi connectivity index (χ2n) is 9.25. The molecule has 1 fully saturated rings. The maximum absolute atomic E-state index is 10.2. The zero-order valence-electron chi connectivity index (χ0n) is 19.5. The van der Waals surface area contributed by atoms with E-state index in [4.69, 9.17) is 13.9 Å². The van der Waals surface area contributed by atoms with Crippen molar-refractivity contribution in [3.05, 3.63) is 60.7 Å². The van der Waals surface area contributed by atoms with Gasteiger partial charge in [-0.3, -0.25) is 0 Å².